The third-order valence-corrected chi connectivity index (χ3v) is 3.77. The minimum Gasteiger partial charge on any atom is -0.343 e. The van der Waals surface area contributed by atoms with Crippen LogP contribution in [0.1, 0.15) is 23.0 Å². The number of rotatable bonds is 5. The summed E-state index contributed by atoms with van der Waals surface area (Å²) in [4.78, 5) is 30.0. The Morgan fingerprint density at radius 3 is 2.78 bits per heavy atom. The number of aryl methyl sites for hydroxylation is 2. The molecule has 2 heterocycles. The number of halogens is 1. The first-order valence-electron chi connectivity index (χ1n) is 7.24. The predicted octanol–water partition coefficient (Wildman–Crippen LogP) is 2.68. The van der Waals surface area contributed by atoms with Gasteiger partial charge in [0, 0.05) is 30.5 Å². The van der Waals surface area contributed by atoms with Gasteiger partial charge in [-0.3, -0.25) is 9.59 Å². The molecular formula is C16H19BrN4O2. The Bertz CT molecular complexity index is 727. The van der Waals surface area contributed by atoms with Gasteiger partial charge < -0.3 is 14.8 Å². The van der Waals surface area contributed by atoms with E-state index in [4.69, 9.17) is 0 Å². The van der Waals surface area contributed by atoms with Crippen molar-refractivity contribution >= 4 is 33.6 Å². The highest BCUT2D eigenvalue weighted by Gasteiger charge is 2.19. The number of pyridine rings is 1. The molecule has 2 aromatic rings. The molecule has 0 aliphatic carbocycles. The Labute approximate surface area is 143 Å². The normalized spacial score (nSPS) is 10.4. The molecule has 2 amide bonds. The summed E-state index contributed by atoms with van der Waals surface area (Å²) in [5, 5.41) is 2.69. The molecule has 0 saturated carbocycles. The predicted molar refractivity (Wildman–Crippen MR) is 92.4 cm³/mol. The van der Waals surface area contributed by atoms with E-state index in [9.17, 15) is 9.59 Å². The lowest BCUT2D eigenvalue weighted by Crippen LogP contribution is -2.36. The van der Waals surface area contributed by atoms with Gasteiger partial charge in [0.1, 0.15) is 11.5 Å². The number of hydrogen-bond acceptors (Lipinski definition) is 3. The summed E-state index contributed by atoms with van der Waals surface area (Å²) in [6.07, 6.45) is 3.48. The van der Waals surface area contributed by atoms with E-state index in [2.05, 4.69) is 26.2 Å². The molecule has 0 fully saturated rings. The van der Waals surface area contributed by atoms with Gasteiger partial charge in [-0.15, -0.1) is 0 Å². The first kappa shape index (κ1) is 17.2. The van der Waals surface area contributed by atoms with E-state index in [1.165, 1.54) is 4.90 Å². The third-order valence-electron chi connectivity index (χ3n) is 3.33. The van der Waals surface area contributed by atoms with Gasteiger partial charge in [0.25, 0.3) is 5.91 Å². The largest absolute Gasteiger partial charge is 0.343 e. The molecule has 0 aliphatic rings. The number of hydrogen-bond donors (Lipinski definition) is 1. The van der Waals surface area contributed by atoms with Gasteiger partial charge >= 0.3 is 0 Å². The number of amides is 2. The second kappa shape index (κ2) is 7.41. The topological polar surface area (TPSA) is 67.2 Å². The van der Waals surface area contributed by atoms with Crippen molar-refractivity contribution in [1.82, 2.24) is 14.5 Å². The second-order valence-electron chi connectivity index (χ2n) is 5.26. The Hall–Kier alpha value is -2.15. The zero-order chi connectivity index (χ0) is 17.0. The SMILES string of the molecule is CCn1cc(Br)cc1C(=O)N(C)CC(=O)Nc1cc(C)ccn1. The van der Waals surface area contributed by atoms with Crippen molar-refractivity contribution in [2.24, 2.45) is 0 Å². The zero-order valence-electron chi connectivity index (χ0n) is 13.3. The van der Waals surface area contributed by atoms with Crippen molar-refractivity contribution in [3.05, 3.63) is 46.3 Å². The van der Waals surface area contributed by atoms with Gasteiger partial charge in [-0.1, -0.05) is 0 Å². The van der Waals surface area contributed by atoms with Crippen molar-refractivity contribution < 1.29 is 9.59 Å². The first-order valence-corrected chi connectivity index (χ1v) is 8.03. The Morgan fingerprint density at radius 1 is 1.39 bits per heavy atom. The fraction of sp³-hybridized carbons (Fsp3) is 0.312. The molecule has 0 aromatic carbocycles. The van der Waals surface area contributed by atoms with Gasteiger partial charge in [0.05, 0.1) is 6.54 Å². The lowest BCUT2D eigenvalue weighted by Gasteiger charge is -2.17. The van der Waals surface area contributed by atoms with Crippen molar-refractivity contribution in [2.45, 2.75) is 20.4 Å². The van der Waals surface area contributed by atoms with E-state index < -0.39 is 0 Å². The highest BCUT2D eigenvalue weighted by Crippen LogP contribution is 2.16. The Balaban J connectivity index is 2.01. The van der Waals surface area contributed by atoms with Crippen molar-refractivity contribution in [2.75, 3.05) is 18.9 Å². The summed E-state index contributed by atoms with van der Waals surface area (Å²) < 4.78 is 2.67. The van der Waals surface area contributed by atoms with Crippen LogP contribution < -0.4 is 5.32 Å². The molecule has 0 aliphatic heterocycles. The highest BCUT2D eigenvalue weighted by atomic mass is 79.9. The number of likely N-dealkylation sites (N-methyl/N-ethyl adjacent to an activating group) is 1. The molecule has 6 nitrogen and oxygen atoms in total. The fourth-order valence-corrected chi connectivity index (χ4v) is 2.65. The number of nitrogens with zero attached hydrogens (tertiary/aromatic N) is 3. The van der Waals surface area contributed by atoms with Crippen molar-refractivity contribution in [1.29, 1.82) is 0 Å². The fourth-order valence-electron chi connectivity index (χ4n) is 2.19. The zero-order valence-corrected chi connectivity index (χ0v) is 14.9. The summed E-state index contributed by atoms with van der Waals surface area (Å²) in [5.74, 6) is -0.00644. The highest BCUT2D eigenvalue weighted by molar-refractivity contribution is 9.10. The quantitative estimate of drug-likeness (QED) is 0.869. The van der Waals surface area contributed by atoms with Gasteiger partial charge in [-0.05, 0) is 53.5 Å². The van der Waals surface area contributed by atoms with Crippen LogP contribution in [0.3, 0.4) is 0 Å². The summed E-state index contributed by atoms with van der Waals surface area (Å²) >= 11 is 3.36. The molecule has 2 aromatic heterocycles. The third kappa shape index (κ3) is 4.41. The van der Waals surface area contributed by atoms with Crippen LogP contribution in [0.15, 0.2) is 35.1 Å². The van der Waals surface area contributed by atoms with Crippen molar-refractivity contribution in [3.63, 3.8) is 0 Å². The lowest BCUT2D eigenvalue weighted by atomic mass is 10.3. The molecular weight excluding hydrogens is 360 g/mol. The van der Waals surface area contributed by atoms with Crippen LogP contribution in [0.4, 0.5) is 5.82 Å². The lowest BCUT2D eigenvalue weighted by molar-refractivity contribution is -0.116. The number of aromatic nitrogens is 2. The molecule has 23 heavy (non-hydrogen) atoms. The van der Waals surface area contributed by atoms with E-state index in [0.29, 0.717) is 18.1 Å². The van der Waals surface area contributed by atoms with Crippen LogP contribution in [0, 0.1) is 6.92 Å². The first-order chi connectivity index (χ1) is 10.9. The Morgan fingerprint density at radius 2 is 2.13 bits per heavy atom. The minimum absolute atomic E-state index is 0.0407. The van der Waals surface area contributed by atoms with Crippen LogP contribution in [0.2, 0.25) is 0 Å². The summed E-state index contributed by atoms with van der Waals surface area (Å²) in [7, 11) is 1.60. The molecule has 0 radical (unpaired) electrons. The Kier molecular flexibility index (Phi) is 5.54. The summed E-state index contributed by atoms with van der Waals surface area (Å²) in [6, 6.07) is 5.38. The molecule has 0 atom stereocenters. The van der Waals surface area contributed by atoms with Crippen LogP contribution in [0.5, 0.6) is 0 Å². The van der Waals surface area contributed by atoms with Gasteiger partial charge in [0.2, 0.25) is 5.91 Å². The van der Waals surface area contributed by atoms with Crippen LogP contribution >= 0.6 is 15.9 Å². The smallest absolute Gasteiger partial charge is 0.270 e. The maximum atomic E-state index is 12.5. The van der Waals surface area contributed by atoms with Crippen LogP contribution in [-0.2, 0) is 11.3 Å². The van der Waals surface area contributed by atoms with E-state index in [-0.39, 0.29) is 18.4 Å². The average Bonchev–Trinajstić information content (AvgIpc) is 2.87. The summed E-state index contributed by atoms with van der Waals surface area (Å²) in [6.45, 7) is 4.52. The van der Waals surface area contributed by atoms with E-state index in [0.717, 1.165) is 10.0 Å². The van der Waals surface area contributed by atoms with Crippen LogP contribution in [-0.4, -0.2) is 39.9 Å². The monoisotopic (exact) mass is 378 g/mol. The number of carbonyl (C=O) groups is 2. The maximum absolute atomic E-state index is 12.5. The standard InChI is InChI=1S/C16H19BrN4O2/c1-4-21-9-12(17)8-13(21)16(23)20(3)10-15(22)19-14-7-11(2)5-6-18-14/h5-9H,4,10H2,1-3H3,(H,18,19,22). The van der Waals surface area contributed by atoms with Gasteiger partial charge in [-0.2, -0.15) is 0 Å². The number of nitrogens with one attached hydrogen (secondary N) is 1. The molecule has 0 saturated heterocycles. The molecule has 7 heteroatoms. The van der Waals surface area contributed by atoms with Crippen LogP contribution in [0.25, 0.3) is 0 Å². The molecule has 0 unspecified atom stereocenters. The van der Waals surface area contributed by atoms with Gasteiger partial charge in [-0.25, -0.2) is 4.98 Å². The number of anilines is 1. The van der Waals surface area contributed by atoms with Crippen molar-refractivity contribution in [3.8, 4) is 0 Å². The molecule has 2 rings (SSSR count). The molecule has 1 N–H and O–H groups in total. The van der Waals surface area contributed by atoms with E-state index in [1.54, 1.807) is 25.4 Å². The summed E-state index contributed by atoms with van der Waals surface area (Å²) in [5.41, 5.74) is 1.55. The molecule has 122 valence electrons. The maximum Gasteiger partial charge on any atom is 0.270 e. The van der Waals surface area contributed by atoms with Gasteiger partial charge in [0.15, 0.2) is 0 Å². The van der Waals surface area contributed by atoms with E-state index in [1.807, 2.05) is 30.7 Å². The van der Waals surface area contributed by atoms with E-state index >= 15 is 0 Å². The average molecular weight is 379 g/mol. The molecule has 0 spiro atoms. The molecule has 0 bridgehead atoms. The number of carbonyl (C=O) groups excluding carboxylic acids is 2. The second-order valence-corrected chi connectivity index (χ2v) is 6.17. The minimum atomic E-state index is -0.285.